The Balaban J connectivity index is 1.49. The molecule has 0 bridgehead atoms. The van der Waals surface area contributed by atoms with Crippen molar-refractivity contribution < 1.29 is 19.1 Å². The summed E-state index contributed by atoms with van der Waals surface area (Å²) >= 11 is 0. The van der Waals surface area contributed by atoms with Crippen LogP contribution in [0.25, 0.3) is 0 Å². The van der Waals surface area contributed by atoms with Gasteiger partial charge >= 0.3 is 6.09 Å². The number of amides is 2. The molecular weight excluding hydrogens is 442 g/mol. The van der Waals surface area contributed by atoms with E-state index in [0.29, 0.717) is 23.9 Å². The SMILES string of the molecule is CCOCC1CCCN(CC2CCCC[C@@H]2NC(=O)c2ccc(CNC(=O)OC(C)(C)C)cc2)C1. The number of likely N-dealkylation sites (tertiary alicyclic amines) is 1. The summed E-state index contributed by atoms with van der Waals surface area (Å²) in [5.74, 6) is 1.11. The molecule has 2 unspecified atom stereocenters. The van der Waals surface area contributed by atoms with E-state index in [1.165, 1.54) is 32.1 Å². The van der Waals surface area contributed by atoms with Gasteiger partial charge in [-0.15, -0.1) is 0 Å². The minimum atomic E-state index is -0.526. The van der Waals surface area contributed by atoms with Gasteiger partial charge in [0.1, 0.15) is 5.60 Å². The maximum Gasteiger partial charge on any atom is 0.407 e. The van der Waals surface area contributed by atoms with Crippen molar-refractivity contribution in [3.05, 3.63) is 35.4 Å². The van der Waals surface area contributed by atoms with Crippen LogP contribution in [0.2, 0.25) is 0 Å². The molecule has 1 aromatic rings. The predicted molar refractivity (Wildman–Crippen MR) is 138 cm³/mol. The van der Waals surface area contributed by atoms with Crippen LogP contribution in [0.4, 0.5) is 4.79 Å². The first kappa shape index (κ1) is 27.5. The lowest BCUT2D eigenvalue weighted by molar-refractivity contribution is 0.0522. The molecule has 2 amide bonds. The standard InChI is InChI=1S/C28H45N3O4/c1-5-34-20-22-9-8-16-31(18-22)19-24-10-6-7-11-25(24)30-26(32)23-14-12-21(13-15-23)17-29-27(33)35-28(2,3)4/h12-15,22,24-25H,5-11,16-20H2,1-4H3,(H,29,33)(H,30,32)/t22?,24?,25-/m0/s1. The molecule has 2 fully saturated rings. The Labute approximate surface area is 211 Å². The van der Waals surface area contributed by atoms with Crippen molar-refractivity contribution in [2.75, 3.05) is 32.8 Å². The maximum absolute atomic E-state index is 13.0. The van der Waals surface area contributed by atoms with Crippen LogP contribution in [0.3, 0.4) is 0 Å². The van der Waals surface area contributed by atoms with Gasteiger partial charge in [-0.1, -0.05) is 25.0 Å². The highest BCUT2D eigenvalue weighted by Crippen LogP contribution is 2.27. The van der Waals surface area contributed by atoms with E-state index in [1.54, 1.807) is 0 Å². The lowest BCUT2D eigenvalue weighted by Gasteiger charge is -2.39. The number of piperidine rings is 1. The molecule has 1 saturated carbocycles. The molecule has 7 heteroatoms. The van der Waals surface area contributed by atoms with E-state index < -0.39 is 11.7 Å². The van der Waals surface area contributed by atoms with E-state index in [0.717, 1.165) is 44.8 Å². The summed E-state index contributed by atoms with van der Waals surface area (Å²) in [7, 11) is 0. The van der Waals surface area contributed by atoms with Crippen LogP contribution in [0.1, 0.15) is 82.1 Å². The molecule has 0 aromatic heterocycles. The molecule has 1 saturated heterocycles. The zero-order chi connectivity index (χ0) is 25.3. The number of hydrogen-bond acceptors (Lipinski definition) is 5. The Morgan fingerprint density at radius 1 is 1.06 bits per heavy atom. The molecule has 0 radical (unpaired) electrons. The van der Waals surface area contributed by atoms with E-state index >= 15 is 0 Å². The highest BCUT2D eigenvalue weighted by Gasteiger charge is 2.30. The number of alkyl carbamates (subject to hydrolysis) is 1. The number of carbonyl (C=O) groups is 2. The van der Waals surface area contributed by atoms with Gasteiger partial charge in [0, 0.05) is 37.8 Å². The van der Waals surface area contributed by atoms with Crippen molar-refractivity contribution in [2.24, 2.45) is 11.8 Å². The number of rotatable bonds is 9. The normalized spacial score (nSPS) is 23.5. The van der Waals surface area contributed by atoms with Crippen LogP contribution >= 0.6 is 0 Å². The highest BCUT2D eigenvalue weighted by molar-refractivity contribution is 5.94. The number of nitrogens with zero attached hydrogens (tertiary/aromatic N) is 1. The quantitative estimate of drug-likeness (QED) is 0.526. The van der Waals surface area contributed by atoms with E-state index in [1.807, 2.05) is 45.0 Å². The van der Waals surface area contributed by atoms with Crippen LogP contribution < -0.4 is 10.6 Å². The number of hydrogen-bond donors (Lipinski definition) is 2. The zero-order valence-electron chi connectivity index (χ0n) is 22.1. The highest BCUT2D eigenvalue weighted by atomic mass is 16.6. The summed E-state index contributed by atoms with van der Waals surface area (Å²) < 4.78 is 10.9. The van der Waals surface area contributed by atoms with Gasteiger partial charge in [-0.25, -0.2) is 4.79 Å². The van der Waals surface area contributed by atoms with Crippen LogP contribution in [-0.4, -0.2) is 61.4 Å². The van der Waals surface area contributed by atoms with Crippen LogP contribution in [-0.2, 0) is 16.0 Å². The lowest BCUT2D eigenvalue weighted by Crippen LogP contribution is -2.48. The maximum atomic E-state index is 13.0. The Kier molecular flexibility index (Phi) is 10.4. The molecule has 1 aliphatic carbocycles. The Morgan fingerprint density at radius 2 is 1.80 bits per heavy atom. The fraction of sp³-hybridized carbons (Fsp3) is 0.714. The molecule has 0 spiro atoms. The van der Waals surface area contributed by atoms with Crippen LogP contribution in [0.5, 0.6) is 0 Å². The lowest BCUT2D eigenvalue weighted by atomic mass is 9.83. The van der Waals surface area contributed by atoms with Crippen molar-refractivity contribution >= 4 is 12.0 Å². The Hall–Kier alpha value is -2.12. The zero-order valence-corrected chi connectivity index (χ0v) is 22.1. The van der Waals surface area contributed by atoms with Gasteiger partial charge in [-0.05, 0) is 89.5 Å². The summed E-state index contributed by atoms with van der Waals surface area (Å²) in [5.41, 5.74) is 1.06. The summed E-state index contributed by atoms with van der Waals surface area (Å²) in [6, 6.07) is 7.66. The first-order chi connectivity index (χ1) is 16.7. The second kappa shape index (κ2) is 13.3. The third kappa shape index (κ3) is 9.45. The minimum absolute atomic E-state index is 0.0126. The van der Waals surface area contributed by atoms with Gasteiger partial charge in [0.25, 0.3) is 5.91 Å². The van der Waals surface area contributed by atoms with E-state index in [9.17, 15) is 9.59 Å². The first-order valence-corrected chi connectivity index (χ1v) is 13.4. The van der Waals surface area contributed by atoms with E-state index in [4.69, 9.17) is 9.47 Å². The average molecular weight is 488 g/mol. The summed E-state index contributed by atoms with van der Waals surface area (Å²) in [6.45, 7) is 12.9. The molecule has 35 heavy (non-hydrogen) atoms. The summed E-state index contributed by atoms with van der Waals surface area (Å²) in [5, 5.41) is 6.09. The average Bonchev–Trinajstić information content (AvgIpc) is 2.82. The minimum Gasteiger partial charge on any atom is -0.444 e. The van der Waals surface area contributed by atoms with E-state index in [2.05, 4.69) is 22.5 Å². The Morgan fingerprint density at radius 3 is 2.51 bits per heavy atom. The molecule has 2 N–H and O–H groups in total. The molecule has 2 aliphatic rings. The third-order valence-electron chi connectivity index (χ3n) is 6.93. The van der Waals surface area contributed by atoms with Crippen molar-refractivity contribution in [2.45, 2.75) is 84.4 Å². The molecule has 196 valence electrons. The number of carbonyl (C=O) groups excluding carboxylic acids is 2. The molecule has 1 heterocycles. The largest absolute Gasteiger partial charge is 0.444 e. The fourth-order valence-corrected chi connectivity index (χ4v) is 5.20. The van der Waals surface area contributed by atoms with Gasteiger partial charge in [0.05, 0.1) is 6.61 Å². The monoisotopic (exact) mass is 487 g/mol. The third-order valence-corrected chi connectivity index (χ3v) is 6.93. The molecule has 3 rings (SSSR count). The molecular formula is C28H45N3O4. The van der Waals surface area contributed by atoms with Gasteiger partial charge in [-0.2, -0.15) is 0 Å². The molecule has 7 nitrogen and oxygen atoms in total. The van der Waals surface area contributed by atoms with E-state index in [-0.39, 0.29) is 11.9 Å². The first-order valence-electron chi connectivity index (χ1n) is 13.4. The number of ether oxygens (including phenoxy) is 2. The van der Waals surface area contributed by atoms with Gasteiger partial charge < -0.3 is 25.0 Å². The summed E-state index contributed by atoms with van der Waals surface area (Å²) in [6.07, 6.45) is 6.68. The van der Waals surface area contributed by atoms with Crippen LogP contribution in [0, 0.1) is 11.8 Å². The van der Waals surface area contributed by atoms with Gasteiger partial charge in [0.2, 0.25) is 0 Å². The molecule has 3 atom stereocenters. The number of benzene rings is 1. The molecule has 1 aliphatic heterocycles. The summed E-state index contributed by atoms with van der Waals surface area (Å²) in [4.78, 5) is 27.5. The Bertz CT molecular complexity index is 805. The van der Waals surface area contributed by atoms with Crippen molar-refractivity contribution in [3.8, 4) is 0 Å². The molecule has 1 aromatic carbocycles. The second-order valence-electron chi connectivity index (χ2n) is 11.1. The smallest absolute Gasteiger partial charge is 0.407 e. The van der Waals surface area contributed by atoms with Crippen molar-refractivity contribution in [3.63, 3.8) is 0 Å². The predicted octanol–water partition coefficient (Wildman–Crippen LogP) is 4.75. The van der Waals surface area contributed by atoms with Crippen molar-refractivity contribution in [1.29, 1.82) is 0 Å². The van der Waals surface area contributed by atoms with Gasteiger partial charge in [0.15, 0.2) is 0 Å². The number of nitrogens with one attached hydrogen (secondary N) is 2. The van der Waals surface area contributed by atoms with Crippen molar-refractivity contribution in [1.82, 2.24) is 15.5 Å². The fourth-order valence-electron chi connectivity index (χ4n) is 5.20. The topological polar surface area (TPSA) is 79.9 Å². The second-order valence-corrected chi connectivity index (χ2v) is 11.1. The van der Waals surface area contributed by atoms with Gasteiger partial charge in [-0.3, -0.25) is 4.79 Å². The van der Waals surface area contributed by atoms with Crippen LogP contribution in [0.15, 0.2) is 24.3 Å².